The fourth-order valence-electron chi connectivity index (χ4n) is 10.7. The van der Waals surface area contributed by atoms with Crippen molar-refractivity contribution >= 4 is 21.5 Å². The number of nitrogens with zero attached hydrogens (tertiary/aromatic N) is 2. The monoisotopic (exact) mass is 792 g/mol. The van der Waals surface area contributed by atoms with Crippen molar-refractivity contribution in [1.82, 2.24) is 9.97 Å². The number of hydrogen-bond donors (Lipinski definition) is 0. The minimum absolute atomic E-state index is 0.114. The number of rotatable bonds is 5. The standard InChI is InChI=1S/C60H44N2/c1-59(2)50-29-13-12-27-47(50)57-46-26-11-10-25-45(46)48(35-53(57)59)41-22-15-24-43(32-41)55-36-54(61-58(62-55)37-17-6-5-7-18-37)42-23-14-21-40(31-42)44-28-16-30-51-56(44)49-33-38-19-8-9-20-39(38)34-52(49)60(51,3)4/h5-36H,1-4H3. The van der Waals surface area contributed by atoms with Crippen molar-refractivity contribution in [1.29, 1.82) is 0 Å². The van der Waals surface area contributed by atoms with Crippen LogP contribution in [-0.2, 0) is 10.8 Å². The van der Waals surface area contributed by atoms with Gasteiger partial charge < -0.3 is 0 Å². The van der Waals surface area contributed by atoms with E-state index in [2.05, 4.69) is 216 Å². The molecule has 2 nitrogen and oxygen atoms in total. The lowest BCUT2D eigenvalue weighted by Crippen LogP contribution is -2.15. The summed E-state index contributed by atoms with van der Waals surface area (Å²) in [6.07, 6.45) is 0. The molecule has 2 aliphatic rings. The van der Waals surface area contributed by atoms with Gasteiger partial charge in [-0.05, 0) is 125 Å². The van der Waals surface area contributed by atoms with Crippen LogP contribution >= 0.6 is 0 Å². The topological polar surface area (TPSA) is 25.8 Å². The summed E-state index contributed by atoms with van der Waals surface area (Å²) in [6, 6.07) is 71.0. The van der Waals surface area contributed by atoms with E-state index in [1.165, 1.54) is 88.3 Å². The molecule has 0 radical (unpaired) electrons. The van der Waals surface area contributed by atoms with E-state index in [9.17, 15) is 0 Å². The van der Waals surface area contributed by atoms with Crippen LogP contribution in [0.25, 0.3) is 100.0 Å². The Kier molecular flexibility index (Phi) is 7.96. The highest BCUT2D eigenvalue weighted by Gasteiger charge is 2.38. The zero-order chi connectivity index (χ0) is 41.7. The quantitative estimate of drug-likeness (QED) is 0.173. The van der Waals surface area contributed by atoms with Crippen LogP contribution in [0.5, 0.6) is 0 Å². The molecular weight excluding hydrogens is 749 g/mol. The Bertz CT molecular complexity index is 3460. The van der Waals surface area contributed by atoms with Crippen molar-refractivity contribution in [2.45, 2.75) is 38.5 Å². The summed E-state index contributed by atoms with van der Waals surface area (Å²) in [7, 11) is 0. The average Bonchev–Trinajstić information content (AvgIpc) is 3.69. The molecular formula is C60H44N2. The lowest BCUT2D eigenvalue weighted by atomic mass is 9.80. The Morgan fingerprint density at radius 3 is 1.58 bits per heavy atom. The second-order valence-corrected chi connectivity index (χ2v) is 18.2. The molecule has 10 aromatic rings. The molecule has 0 atom stereocenters. The van der Waals surface area contributed by atoms with Gasteiger partial charge in [0.2, 0.25) is 0 Å². The molecule has 2 heteroatoms. The minimum atomic E-state index is -0.115. The number of benzene rings is 9. The fraction of sp³-hybridized carbons (Fsp3) is 0.100. The van der Waals surface area contributed by atoms with Crippen molar-refractivity contribution in [2.24, 2.45) is 0 Å². The third-order valence-electron chi connectivity index (χ3n) is 13.9. The van der Waals surface area contributed by atoms with E-state index in [1.54, 1.807) is 0 Å². The third-order valence-corrected chi connectivity index (χ3v) is 13.9. The highest BCUT2D eigenvalue weighted by Crippen LogP contribution is 2.55. The first-order chi connectivity index (χ1) is 30.2. The van der Waals surface area contributed by atoms with Gasteiger partial charge in [0, 0.05) is 27.5 Å². The molecule has 0 N–H and O–H groups in total. The molecule has 0 spiro atoms. The number of hydrogen-bond acceptors (Lipinski definition) is 2. The summed E-state index contributed by atoms with van der Waals surface area (Å²) >= 11 is 0. The fourth-order valence-corrected chi connectivity index (χ4v) is 10.7. The van der Waals surface area contributed by atoms with E-state index in [4.69, 9.17) is 9.97 Å². The van der Waals surface area contributed by atoms with Gasteiger partial charge in [0.1, 0.15) is 0 Å². The number of aromatic nitrogens is 2. The molecule has 12 rings (SSSR count). The third kappa shape index (κ3) is 5.49. The number of fused-ring (bicyclic) bond motifs is 9. The molecule has 0 bridgehead atoms. The minimum Gasteiger partial charge on any atom is -0.228 e. The van der Waals surface area contributed by atoms with Crippen LogP contribution in [0.4, 0.5) is 0 Å². The van der Waals surface area contributed by atoms with Gasteiger partial charge in [0.25, 0.3) is 0 Å². The normalized spacial score (nSPS) is 14.1. The predicted molar refractivity (Wildman–Crippen MR) is 259 cm³/mol. The summed E-state index contributed by atoms with van der Waals surface area (Å²) in [5.41, 5.74) is 20.3. The van der Waals surface area contributed by atoms with Gasteiger partial charge in [-0.25, -0.2) is 9.97 Å². The maximum Gasteiger partial charge on any atom is 0.160 e. The van der Waals surface area contributed by atoms with Crippen molar-refractivity contribution in [3.8, 4) is 78.4 Å². The van der Waals surface area contributed by atoms with Crippen molar-refractivity contribution in [3.05, 3.63) is 216 Å². The Hall–Kier alpha value is -7.42. The largest absolute Gasteiger partial charge is 0.228 e. The zero-order valence-corrected chi connectivity index (χ0v) is 35.4. The van der Waals surface area contributed by atoms with E-state index < -0.39 is 0 Å². The van der Waals surface area contributed by atoms with Gasteiger partial charge in [-0.3, -0.25) is 0 Å². The van der Waals surface area contributed by atoms with E-state index >= 15 is 0 Å². The molecule has 0 saturated carbocycles. The van der Waals surface area contributed by atoms with Crippen molar-refractivity contribution in [2.75, 3.05) is 0 Å². The first-order valence-corrected chi connectivity index (χ1v) is 21.7. The van der Waals surface area contributed by atoms with Crippen LogP contribution in [0.2, 0.25) is 0 Å². The Morgan fingerprint density at radius 2 is 0.839 bits per heavy atom. The Balaban J connectivity index is 1.00. The van der Waals surface area contributed by atoms with Gasteiger partial charge in [-0.15, -0.1) is 0 Å². The Labute approximate surface area is 363 Å². The van der Waals surface area contributed by atoms with Crippen LogP contribution in [0.1, 0.15) is 49.9 Å². The van der Waals surface area contributed by atoms with Gasteiger partial charge in [0.15, 0.2) is 5.82 Å². The smallest absolute Gasteiger partial charge is 0.160 e. The van der Waals surface area contributed by atoms with E-state index in [-0.39, 0.29) is 10.8 Å². The van der Waals surface area contributed by atoms with Gasteiger partial charge in [-0.1, -0.05) is 185 Å². The second-order valence-electron chi connectivity index (χ2n) is 18.2. The summed E-state index contributed by atoms with van der Waals surface area (Å²) in [6.45, 7) is 9.45. The molecule has 0 saturated heterocycles. The maximum absolute atomic E-state index is 5.29. The lowest BCUT2D eigenvalue weighted by molar-refractivity contribution is 0.661. The molecule has 9 aromatic carbocycles. The van der Waals surface area contributed by atoms with Crippen LogP contribution < -0.4 is 0 Å². The first kappa shape index (κ1) is 36.4. The van der Waals surface area contributed by atoms with E-state index in [0.29, 0.717) is 5.82 Å². The second kappa shape index (κ2) is 13.5. The maximum atomic E-state index is 5.29. The summed E-state index contributed by atoms with van der Waals surface area (Å²) in [5, 5.41) is 5.10. The first-order valence-electron chi connectivity index (χ1n) is 21.7. The van der Waals surface area contributed by atoms with E-state index in [0.717, 1.165) is 28.1 Å². The molecule has 0 unspecified atom stereocenters. The average molecular weight is 793 g/mol. The molecule has 1 heterocycles. The summed E-state index contributed by atoms with van der Waals surface area (Å²) < 4.78 is 0. The van der Waals surface area contributed by atoms with Gasteiger partial charge in [-0.2, -0.15) is 0 Å². The highest BCUT2D eigenvalue weighted by atomic mass is 14.9. The predicted octanol–water partition coefficient (Wildman–Crippen LogP) is 15.7. The van der Waals surface area contributed by atoms with Crippen LogP contribution in [0.3, 0.4) is 0 Å². The van der Waals surface area contributed by atoms with Gasteiger partial charge in [0.05, 0.1) is 11.4 Å². The van der Waals surface area contributed by atoms with Crippen molar-refractivity contribution in [3.63, 3.8) is 0 Å². The SMILES string of the molecule is CC1(C)c2cc3ccccc3cc2-c2c(-c3cccc(-c4cc(-c5cccc(-c6cc7c(c8ccccc68)-c6ccccc6C7(C)C)c5)nc(-c5ccccc5)n4)c3)cccc21. The highest BCUT2D eigenvalue weighted by molar-refractivity contribution is 6.09. The van der Waals surface area contributed by atoms with E-state index in [1.807, 2.05) is 6.07 Å². The molecule has 2 aliphatic carbocycles. The summed E-state index contributed by atoms with van der Waals surface area (Å²) in [5.74, 6) is 0.708. The molecule has 294 valence electrons. The van der Waals surface area contributed by atoms with Gasteiger partial charge >= 0.3 is 0 Å². The molecule has 0 aliphatic heterocycles. The molecule has 0 amide bonds. The van der Waals surface area contributed by atoms with Crippen LogP contribution in [0.15, 0.2) is 194 Å². The molecule has 62 heavy (non-hydrogen) atoms. The lowest BCUT2D eigenvalue weighted by Gasteiger charge is -2.23. The van der Waals surface area contributed by atoms with Crippen LogP contribution in [0, 0.1) is 0 Å². The summed E-state index contributed by atoms with van der Waals surface area (Å²) in [4.78, 5) is 10.6. The van der Waals surface area contributed by atoms with Crippen LogP contribution in [-0.4, -0.2) is 9.97 Å². The zero-order valence-electron chi connectivity index (χ0n) is 35.4. The molecule has 0 fully saturated rings. The molecule has 1 aromatic heterocycles. The van der Waals surface area contributed by atoms with Crippen molar-refractivity contribution < 1.29 is 0 Å². The Morgan fingerprint density at radius 1 is 0.306 bits per heavy atom.